The summed E-state index contributed by atoms with van der Waals surface area (Å²) in [5.41, 5.74) is 1.33. The molecule has 2 aromatic rings. The van der Waals surface area contributed by atoms with Crippen LogP contribution in [-0.2, 0) is 0 Å². The van der Waals surface area contributed by atoms with E-state index in [4.69, 9.17) is 5.21 Å². The van der Waals surface area contributed by atoms with Crippen LogP contribution in [-0.4, -0.2) is 39.2 Å². The molecule has 0 bridgehead atoms. The quantitative estimate of drug-likeness (QED) is 0.417. The maximum atomic E-state index is 8.95. The van der Waals surface area contributed by atoms with Gasteiger partial charge in [-0.2, -0.15) is 0 Å². The van der Waals surface area contributed by atoms with Gasteiger partial charge in [-0.25, -0.2) is 0 Å². The van der Waals surface area contributed by atoms with Crippen molar-refractivity contribution in [3.63, 3.8) is 0 Å². The summed E-state index contributed by atoms with van der Waals surface area (Å²) in [6, 6.07) is 7.19. The monoisotopic (exact) mass is 143 g/mol. The van der Waals surface area contributed by atoms with Crippen molar-refractivity contribution in [1.29, 1.82) is 0 Å². The molecule has 1 aromatic carbocycles. The number of benzene rings is 1. The minimum absolute atomic E-state index is 0. The van der Waals surface area contributed by atoms with E-state index in [0.29, 0.717) is 11.0 Å². The molecule has 0 spiro atoms. The third kappa shape index (κ3) is 1.23. The van der Waals surface area contributed by atoms with Gasteiger partial charge in [0.2, 0.25) is 0 Å². The molecule has 1 N–H and O–H groups in total. The van der Waals surface area contributed by atoms with Gasteiger partial charge < -0.3 is 5.21 Å². The first kappa shape index (κ1) is 8.12. The molecule has 1 aromatic heterocycles. The summed E-state index contributed by atoms with van der Waals surface area (Å²) in [6.45, 7) is 0. The molecule has 0 amide bonds. The van der Waals surface area contributed by atoms with Gasteiger partial charge in [-0.15, -0.1) is 5.10 Å². The van der Waals surface area contributed by atoms with E-state index in [9.17, 15) is 0 Å². The Kier molecular flexibility index (Phi) is 2.18. The summed E-state index contributed by atoms with van der Waals surface area (Å²) in [6.07, 6.45) is 0. The van der Waals surface area contributed by atoms with Gasteiger partial charge in [0.15, 0.2) is 0 Å². The van der Waals surface area contributed by atoms with Crippen molar-refractivity contribution in [3.8, 4) is 0 Å². The van der Waals surface area contributed by atoms with Crippen LogP contribution in [0, 0.1) is 0 Å². The van der Waals surface area contributed by atoms with Crippen molar-refractivity contribution in [2.45, 2.75) is 0 Å². The van der Waals surface area contributed by atoms with Gasteiger partial charge in [-0.1, -0.05) is 17.0 Å². The van der Waals surface area contributed by atoms with Crippen molar-refractivity contribution in [3.05, 3.63) is 24.3 Å². The zero-order chi connectivity index (χ0) is 6.97. The van der Waals surface area contributed by atoms with Gasteiger partial charge in [-0.05, 0) is 17.3 Å². The zero-order valence-electron chi connectivity index (χ0n) is 5.10. The van der Waals surface area contributed by atoms with Crippen molar-refractivity contribution in [1.82, 2.24) is 15.2 Å². The van der Waals surface area contributed by atoms with Crippen LogP contribution in [0.3, 0.4) is 0 Å². The van der Waals surface area contributed by atoms with Crippen LogP contribution in [0.2, 0.25) is 0 Å². The Bertz CT molecular complexity index is 359. The van der Waals surface area contributed by atoms with E-state index in [0.717, 1.165) is 4.85 Å². The van der Waals surface area contributed by atoms with Crippen LogP contribution in [0.25, 0.3) is 11.0 Å². The molecule has 0 fully saturated rings. The average molecular weight is 143 g/mol. The van der Waals surface area contributed by atoms with E-state index in [1.54, 1.807) is 12.1 Å². The second-order valence-corrected chi connectivity index (χ2v) is 1.97. The number of para-hydroxylation sites is 1. The third-order valence-electron chi connectivity index (χ3n) is 1.33. The van der Waals surface area contributed by atoms with E-state index < -0.39 is 0 Å². The molecular formula is C6H6LiN3O. The summed E-state index contributed by atoms with van der Waals surface area (Å²) in [7, 11) is 0. The molecule has 0 aliphatic heterocycles. The Morgan fingerprint density at radius 1 is 1.27 bits per heavy atom. The van der Waals surface area contributed by atoms with Crippen molar-refractivity contribution >= 4 is 29.9 Å². The number of aromatic nitrogens is 3. The fourth-order valence-electron chi connectivity index (χ4n) is 0.857. The van der Waals surface area contributed by atoms with Crippen molar-refractivity contribution in [2.24, 2.45) is 0 Å². The summed E-state index contributed by atoms with van der Waals surface area (Å²) >= 11 is 0. The molecule has 4 nitrogen and oxygen atoms in total. The Balaban J connectivity index is 0.000000605. The van der Waals surface area contributed by atoms with Gasteiger partial charge in [0.1, 0.15) is 11.0 Å². The zero-order valence-corrected chi connectivity index (χ0v) is 5.10. The number of rotatable bonds is 0. The average Bonchev–Trinajstić information content (AvgIpc) is 2.34. The van der Waals surface area contributed by atoms with Gasteiger partial charge in [0.05, 0.1) is 0 Å². The number of hydrogen-bond acceptors (Lipinski definition) is 3. The molecule has 0 unspecified atom stereocenters. The van der Waals surface area contributed by atoms with Crippen LogP contribution < -0.4 is 0 Å². The fraction of sp³-hybridized carbons (Fsp3) is 0. The normalized spacial score (nSPS) is 9.45. The Labute approximate surface area is 75.0 Å². The van der Waals surface area contributed by atoms with Crippen LogP contribution in [0.1, 0.15) is 0 Å². The molecule has 0 atom stereocenters. The molecule has 11 heavy (non-hydrogen) atoms. The Hall–Kier alpha value is -0.983. The topological polar surface area (TPSA) is 50.9 Å². The predicted octanol–water partition coefficient (Wildman–Crippen LogP) is 0.0201. The minimum atomic E-state index is 0. The summed E-state index contributed by atoms with van der Waals surface area (Å²) in [5.74, 6) is 0. The molecule has 52 valence electrons. The van der Waals surface area contributed by atoms with E-state index in [1.165, 1.54) is 0 Å². The fourth-order valence-corrected chi connectivity index (χ4v) is 0.857. The maximum absolute atomic E-state index is 8.95. The van der Waals surface area contributed by atoms with Crippen molar-refractivity contribution < 1.29 is 5.21 Å². The molecule has 0 aliphatic rings. The van der Waals surface area contributed by atoms with Crippen LogP contribution in [0.15, 0.2) is 24.3 Å². The second-order valence-electron chi connectivity index (χ2n) is 1.97. The number of fused-ring (bicyclic) bond motifs is 1. The number of hydrogen-bond donors (Lipinski definition) is 1. The summed E-state index contributed by atoms with van der Waals surface area (Å²) < 4.78 is 0. The molecule has 0 radical (unpaired) electrons. The molecule has 1 heterocycles. The van der Waals surface area contributed by atoms with Crippen LogP contribution in [0.4, 0.5) is 0 Å². The first-order valence-electron chi connectivity index (χ1n) is 2.87. The Morgan fingerprint density at radius 2 is 2.00 bits per heavy atom. The standard InChI is InChI=1S/C6H5N3O.Li.H/c10-9-6-4-2-1-3-5(6)7-8-9;;/h1-4,10H;;. The van der Waals surface area contributed by atoms with Gasteiger partial charge in [0.25, 0.3) is 0 Å². The van der Waals surface area contributed by atoms with E-state index in [2.05, 4.69) is 10.3 Å². The SMILES string of the molecule is On1nnc2ccccc21.[LiH]. The molecular weight excluding hydrogens is 137 g/mol. The summed E-state index contributed by atoms with van der Waals surface area (Å²) in [5, 5.41) is 16.1. The Morgan fingerprint density at radius 3 is 2.73 bits per heavy atom. The molecule has 0 saturated heterocycles. The molecule has 0 aliphatic carbocycles. The van der Waals surface area contributed by atoms with Crippen molar-refractivity contribution in [2.75, 3.05) is 0 Å². The van der Waals surface area contributed by atoms with Gasteiger partial charge in [-0.3, -0.25) is 0 Å². The van der Waals surface area contributed by atoms with Gasteiger partial charge >= 0.3 is 18.9 Å². The van der Waals surface area contributed by atoms with Crippen LogP contribution >= 0.6 is 0 Å². The van der Waals surface area contributed by atoms with Crippen LogP contribution in [0.5, 0.6) is 0 Å². The van der Waals surface area contributed by atoms with E-state index >= 15 is 0 Å². The van der Waals surface area contributed by atoms with Gasteiger partial charge in [0, 0.05) is 0 Å². The summed E-state index contributed by atoms with van der Waals surface area (Å²) in [4.78, 5) is 0.759. The molecule has 0 saturated carbocycles. The molecule has 2 rings (SSSR count). The van der Waals surface area contributed by atoms with E-state index in [1.807, 2.05) is 12.1 Å². The molecule has 5 heteroatoms. The predicted molar refractivity (Wildman–Crippen MR) is 41.9 cm³/mol. The second kappa shape index (κ2) is 2.95. The third-order valence-corrected chi connectivity index (χ3v) is 1.33. The number of nitrogens with zero attached hydrogens (tertiary/aromatic N) is 3. The first-order chi connectivity index (χ1) is 4.88. The van der Waals surface area contributed by atoms with E-state index in [-0.39, 0.29) is 18.9 Å². The first-order valence-corrected chi connectivity index (χ1v) is 2.87.